The molecular weight excluding hydrogens is 1230 g/mol. The van der Waals surface area contributed by atoms with E-state index in [0.717, 1.165) is 16.5 Å². The second-order valence-electron chi connectivity index (χ2n) is 25.7. The number of fused-ring (bicyclic) bond motifs is 1. The van der Waals surface area contributed by atoms with Gasteiger partial charge in [-0.3, -0.25) is 43.3 Å². The first-order valence-corrected chi connectivity index (χ1v) is 33.3. The third-order valence-electron chi connectivity index (χ3n) is 18.1. The van der Waals surface area contributed by atoms with Crippen molar-refractivity contribution in [3.05, 3.63) is 102 Å². The van der Waals surface area contributed by atoms with Crippen molar-refractivity contribution in [2.75, 3.05) is 53.8 Å². The summed E-state index contributed by atoms with van der Waals surface area (Å²) in [5.41, 5.74) is 8.37. The number of carbonyl (C=O) groups is 10. The highest BCUT2D eigenvalue weighted by molar-refractivity contribution is 5.99. The summed E-state index contributed by atoms with van der Waals surface area (Å²) in [4.78, 5) is 144. The van der Waals surface area contributed by atoms with Gasteiger partial charge in [0.1, 0.15) is 30.8 Å². The molecule has 1 fully saturated rings. The number of nitrogens with zero attached hydrogens (tertiary/aromatic N) is 3. The van der Waals surface area contributed by atoms with Gasteiger partial charge in [-0.2, -0.15) is 0 Å². The number of aromatic amines is 1. The number of nitrogens with one attached hydrogen (secondary N) is 8. The van der Waals surface area contributed by atoms with Gasteiger partial charge in [0.05, 0.1) is 48.8 Å². The van der Waals surface area contributed by atoms with Crippen LogP contribution >= 0.6 is 0 Å². The average molecular weight is 1340 g/mol. The van der Waals surface area contributed by atoms with E-state index in [1.54, 1.807) is 101 Å². The number of hydrogen-bond donors (Lipinski definition) is 10. The van der Waals surface area contributed by atoms with E-state index in [1.165, 1.54) is 33.2 Å². The van der Waals surface area contributed by atoms with E-state index in [2.05, 4.69) is 42.2 Å². The summed E-state index contributed by atoms with van der Waals surface area (Å²) >= 11 is 0. The van der Waals surface area contributed by atoms with Crippen LogP contribution in [0.15, 0.2) is 85.1 Å². The number of nitrogens with two attached hydrogens (primary N) is 1. The lowest BCUT2D eigenvalue weighted by Gasteiger charge is -2.41. The Balaban J connectivity index is 1.22. The molecule has 1 saturated heterocycles. The number of benzene rings is 3. The van der Waals surface area contributed by atoms with E-state index in [1.807, 2.05) is 56.3 Å². The fourth-order valence-electron chi connectivity index (χ4n) is 12.4. The normalized spacial score (nSPS) is 16.5. The van der Waals surface area contributed by atoms with Gasteiger partial charge in [0.25, 0.3) is 0 Å². The first-order chi connectivity index (χ1) is 45.6. The summed E-state index contributed by atoms with van der Waals surface area (Å²) in [6, 6.07) is 16.1. The van der Waals surface area contributed by atoms with E-state index in [0.29, 0.717) is 42.6 Å². The van der Waals surface area contributed by atoms with Gasteiger partial charge in [-0.05, 0) is 91.7 Å². The molecule has 5 rings (SSSR count). The van der Waals surface area contributed by atoms with Crippen molar-refractivity contribution in [3.8, 4) is 0 Å². The maximum Gasteiger partial charge on any atom is 0.410 e. The Morgan fingerprint density at radius 1 is 0.740 bits per heavy atom. The van der Waals surface area contributed by atoms with Crippen LogP contribution in [0.2, 0.25) is 0 Å². The second-order valence-corrected chi connectivity index (χ2v) is 25.7. The van der Waals surface area contributed by atoms with Crippen LogP contribution < -0.4 is 43.0 Å². The zero-order valence-corrected chi connectivity index (χ0v) is 58.0. The number of H-pyrrole nitrogens is 1. The van der Waals surface area contributed by atoms with E-state index in [4.69, 9.17) is 19.9 Å². The monoisotopic (exact) mass is 1340 g/mol. The topological polar surface area (TPSA) is 354 Å². The molecular formula is C70H104N12O14. The van der Waals surface area contributed by atoms with Crippen LogP contribution in [0.4, 0.5) is 15.3 Å². The Bertz CT molecular complexity index is 3220. The summed E-state index contributed by atoms with van der Waals surface area (Å²) in [7, 11) is 7.59. The van der Waals surface area contributed by atoms with Crippen LogP contribution in [0.1, 0.15) is 136 Å². The number of primary amides is 1. The highest BCUT2D eigenvalue weighted by atomic mass is 16.6. The summed E-state index contributed by atoms with van der Waals surface area (Å²) < 4.78 is 17.8. The molecule has 3 aromatic carbocycles. The molecule has 0 saturated carbocycles. The standard InChI is InChI=1S/C70H104N12O14/c1-14-43(6)61(55(94-12)38-58(85)82-36-22-28-54(82)63(95-13)44(7)64(87)75-45(8)62(86)47-23-16-15-17-24-47)80(10)68(91)59(41(2)3)79-67(90)60(42(4)5)81(11)70(93)96-40-46-31-33-49(34-32-46)76-65(88)52(27-21-35-73-69(71)92)78-66(89)53(77-57(84)30-20-29-56(83)72-9)37-48-39-74-51-26-19-18-25-50(48)51/h15-19,23-26,31-34,39,41-45,52-55,59-63,74,86H,14,20-22,27-30,35-38,40H2,1-13H3,(H,72,83)(H,75,87)(H,76,88)(H,77,84)(H,78,89)(H,79,90)(H3,71,73,92)/t43-,44+,45+,52-,53-,54-,55+,59-,60-,61-,62+,63+/m0/s1. The van der Waals surface area contributed by atoms with Crippen LogP contribution in [-0.4, -0.2) is 187 Å². The van der Waals surface area contributed by atoms with Crippen molar-refractivity contribution >= 4 is 76.0 Å². The van der Waals surface area contributed by atoms with Crippen LogP contribution in [0.3, 0.4) is 0 Å². The molecule has 0 bridgehead atoms. The Hall–Kier alpha value is -8.62. The number of likely N-dealkylation sites (N-methyl/N-ethyl adjacent to an activating group) is 2. The van der Waals surface area contributed by atoms with Crippen molar-refractivity contribution in [1.29, 1.82) is 0 Å². The number of likely N-dealkylation sites (tertiary alicyclic amines) is 1. The maximum atomic E-state index is 14.8. The van der Waals surface area contributed by atoms with Crippen molar-refractivity contribution in [1.82, 2.24) is 51.6 Å². The zero-order chi connectivity index (χ0) is 70.9. The quantitative estimate of drug-likeness (QED) is 0.0247. The van der Waals surface area contributed by atoms with Crippen LogP contribution in [0.25, 0.3) is 10.9 Å². The molecule has 11 N–H and O–H groups in total. The number of para-hydroxylation sites is 1. The highest BCUT2D eigenvalue weighted by Crippen LogP contribution is 2.31. The molecule has 1 aromatic heterocycles. The van der Waals surface area contributed by atoms with Crippen molar-refractivity contribution in [2.45, 2.75) is 187 Å². The van der Waals surface area contributed by atoms with Crippen LogP contribution in [0, 0.1) is 23.7 Å². The minimum Gasteiger partial charge on any atom is -0.445 e. The first kappa shape index (κ1) is 78.1. The number of hydrogen-bond acceptors (Lipinski definition) is 14. The predicted molar refractivity (Wildman–Crippen MR) is 364 cm³/mol. The fraction of sp³-hybridized carbons (Fsp3) is 0.571. The molecule has 26 nitrogen and oxygen atoms in total. The predicted octanol–water partition coefficient (Wildman–Crippen LogP) is 5.58. The number of methoxy groups -OCH3 is 2. The molecule has 0 aliphatic carbocycles. The number of aromatic nitrogens is 1. The number of rotatable bonds is 37. The van der Waals surface area contributed by atoms with Crippen LogP contribution in [0.5, 0.6) is 0 Å². The number of aliphatic hydroxyl groups is 1. The number of urea groups is 1. The molecule has 4 aromatic rings. The van der Waals surface area contributed by atoms with Gasteiger partial charge >= 0.3 is 12.1 Å². The van der Waals surface area contributed by atoms with Crippen molar-refractivity contribution < 1.29 is 67.3 Å². The molecule has 528 valence electrons. The molecule has 12 atom stereocenters. The SMILES string of the molecule is CC[C@H](C)[C@@H]([C@@H](CC(=O)N1CCC[C@H]1[C@H](OC)[C@@H](C)C(=O)N[C@H](C)[C@@H](O)c1ccccc1)OC)N(C)C(=O)[C@@H](NC(=O)[C@H](C(C)C)N(C)C(=O)OCc1ccc(NC(=O)[C@H](CCCNC(N)=O)NC(=O)[C@H](Cc2c[nH]c3ccccc23)NC(=O)CCCC(=O)NC)cc1)C(C)C. The molecule has 26 heteroatoms. The summed E-state index contributed by atoms with van der Waals surface area (Å²) in [5.74, 6) is -5.27. The lowest BCUT2D eigenvalue weighted by molar-refractivity contribution is -0.148. The Morgan fingerprint density at radius 2 is 1.41 bits per heavy atom. The van der Waals surface area contributed by atoms with E-state index in [-0.39, 0.29) is 81.7 Å². The average Bonchev–Trinajstić information content (AvgIpc) is 1.37. The van der Waals surface area contributed by atoms with Gasteiger partial charge in [0.2, 0.25) is 47.3 Å². The largest absolute Gasteiger partial charge is 0.445 e. The summed E-state index contributed by atoms with van der Waals surface area (Å²) in [6.07, 6.45) is 1.01. The number of carbonyl (C=O) groups excluding carboxylic acids is 10. The highest BCUT2D eigenvalue weighted by Gasteiger charge is 2.44. The molecule has 0 spiro atoms. The Morgan fingerprint density at radius 3 is 2.03 bits per heavy atom. The third-order valence-corrected chi connectivity index (χ3v) is 18.1. The summed E-state index contributed by atoms with van der Waals surface area (Å²) in [5, 5.41) is 31.1. The Kier molecular flexibility index (Phi) is 31.1. The molecule has 2 heterocycles. The number of ether oxygens (including phenoxy) is 3. The number of aliphatic hydroxyl groups excluding tert-OH is 1. The van der Waals surface area contributed by atoms with E-state index >= 15 is 0 Å². The molecule has 1 aliphatic rings. The van der Waals surface area contributed by atoms with Crippen molar-refractivity contribution in [2.24, 2.45) is 29.4 Å². The van der Waals surface area contributed by atoms with Gasteiger partial charge in [-0.15, -0.1) is 0 Å². The van der Waals surface area contributed by atoms with Crippen LogP contribution in [-0.2, 0) is 65.6 Å². The fourth-order valence-corrected chi connectivity index (χ4v) is 12.4. The lowest BCUT2D eigenvalue weighted by Crippen LogP contribution is -2.60. The number of amides is 11. The second kappa shape index (κ2) is 38.2. The minimum absolute atomic E-state index is 0.0307. The lowest BCUT2D eigenvalue weighted by atomic mass is 9.89. The van der Waals surface area contributed by atoms with Gasteiger partial charge in [-0.25, -0.2) is 9.59 Å². The van der Waals surface area contributed by atoms with Gasteiger partial charge in [-0.1, -0.05) is 116 Å². The van der Waals surface area contributed by atoms with E-state index in [9.17, 15) is 53.1 Å². The first-order valence-electron chi connectivity index (χ1n) is 33.3. The van der Waals surface area contributed by atoms with Gasteiger partial charge < -0.3 is 77.1 Å². The third kappa shape index (κ3) is 22.2. The summed E-state index contributed by atoms with van der Waals surface area (Å²) in [6.45, 7) is 14.9. The minimum atomic E-state index is -1.16. The van der Waals surface area contributed by atoms with E-state index < -0.39 is 120 Å². The van der Waals surface area contributed by atoms with Crippen molar-refractivity contribution in [3.63, 3.8) is 0 Å². The molecule has 11 amide bonds. The molecule has 0 radical (unpaired) electrons. The zero-order valence-electron chi connectivity index (χ0n) is 58.0. The molecule has 1 aliphatic heterocycles. The Labute approximate surface area is 564 Å². The number of anilines is 1. The molecule has 0 unspecified atom stereocenters. The molecule has 96 heavy (non-hydrogen) atoms. The smallest absolute Gasteiger partial charge is 0.410 e. The maximum absolute atomic E-state index is 14.8. The van der Waals surface area contributed by atoms with Gasteiger partial charge in [0.15, 0.2) is 0 Å². The van der Waals surface area contributed by atoms with Gasteiger partial charge in [0, 0.05) is 90.5 Å².